The monoisotopic (exact) mass is 306 g/mol. The molecule has 0 radical (unpaired) electrons. The smallest absolute Gasteiger partial charge is 0.152 e. The molecule has 0 aliphatic carbocycles. The van der Waals surface area contributed by atoms with E-state index in [0.717, 1.165) is 24.6 Å². The van der Waals surface area contributed by atoms with E-state index in [4.69, 9.17) is 4.98 Å². The van der Waals surface area contributed by atoms with Gasteiger partial charge in [-0.1, -0.05) is 13.0 Å². The van der Waals surface area contributed by atoms with Gasteiger partial charge in [-0.25, -0.2) is 4.98 Å². The van der Waals surface area contributed by atoms with Crippen molar-refractivity contribution in [1.82, 2.24) is 14.7 Å². The highest BCUT2D eigenvalue weighted by atomic mass is 32.2. The molecule has 0 aliphatic heterocycles. The van der Waals surface area contributed by atoms with Crippen LogP contribution in [0.25, 0.3) is 5.65 Å². The molecule has 1 N–H and O–H groups in total. The number of nitrogens with one attached hydrogen (secondary N) is 1. The van der Waals surface area contributed by atoms with E-state index in [0.29, 0.717) is 6.04 Å². The Morgan fingerprint density at radius 2 is 2.24 bits per heavy atom. The molecule has 2 heterocycles. The summed E-state index contributed by atoms with van der Waals surface area (Å²) in [7, 11) is 2.15. The zero-order valence-corrected chi connectivity index (χ0v) is 14.3. The van der Waals surface area contributed by atoms with E-state index in [9.17, 15) is 0 Å². The van der Waals surface area contributed by atoms with Crippen LogP contribution in [-0.2, 0) is 6.54 Å². The van der Waals surface area contributed by atoms with Crippen LogP contribution in [0, 0.1) is 0 Å². The lowest BCUT2D eigenvalue weighted by molar-refractivity contribution is 0.650. The molecule has 2 aromatic heterocycles. The highest BCUT2D eigenvalue weighted by molar-refractivity contribution is 7.98. The van der Waals surface area contributed by atoms with Crippen molar-refractivity contribution in [2.24, 2.45) is 0 Å². The van der Waals surface area contributed by atoms with Crippen LogP contribution in [0.15, 0.2) is 24.4 Å². The number of hydrogen-bond donors (Lipinski definition) is 1. The van der Waals surface area contributed by atoms with Crippen LogP contribution in [0.5, 0.6) is 0 Å². The van der Waals surface area contributed by atoms with Crippen molar-refractivity contribution in [2.75, 3.05) is 30.5 Å². The van der Waals surface area contributed by atoms with Gasteiger partial charge in [0.05, 0.1) is 5.69 Å². The van der Waals surface area contributed by atoms with Crippen molar-refractivity contribution in [1.29, 1.82) is 0 Å². The minimum Gasteiger partial charge on any atom is -0.355 e. The Morgan fingerprint density at radius 3 is 2.95 bits per heavy atom. The summed E-state index contributed by atoms with van der Waals surface area (Å²) in [5.74, 6) is 2.28. The Hall–Kier alpha value is -1.20. The lowest BCUT2D eigenvalue weighted by Gasteiger charge is -2.26. The van der Waals surface area contributed by atoms with Gasteiger partial charge in [0.1, 0.15) is 5.65 Å². The second kappa shape index (κ2) is 7.71. The van der Waals surface area contributed by atoms with Gasteiger partial charge in [0.15, 0.2) is 5.82 Å². The highest BCUT2D eigenvalue weighted by Gasteiger charge is 2.18. The zero-order chi connectivity index (χ0) is 15.2. The molecule has 0 fully saturated rings. The molecule has 0 amide bonds. The third-order valence-electron chi connectivity index (χ3n) is 3.89. The predicted octanol–water partition coefficient (Wildman–Crippen LogP) is 3.02. The fourth-order valence-electron chi connectivity index (χ4n) is 2.42. The van der Waals surface area contributed by atoms with E-state index in [1.165, 1.54) is 17.9 Å². The van der Waals surface area contributed by atoms with Crippen LogP contribution in [-0.4, -0.2) is 41.0 Å². The Labute approximate surface area is 131 Å². The first-order valence-electron chi connectivity index (χ1n) is 7.57. The fraction of sp³-hybridized carbons (Fsp3) is 0.562. The number of imidazole rings is 1. The number of aromatic nitrogens is 2. The maximum atomic E-state index is 4.84. The van der Waals surface area contributed by atoms with E-state index in [-0.39, 0.29) is 0 Å². The van der Waals surface area contributed by atoms with Gasteiger partial charge in [-0.15, -0.1) is 0 Å². The van der Waals surface area contributed by atoms with Gasteiger partial charge in [0.2, 0.25) is 0 Å². The Morgan fingerprint density at radius 1 is 1.43 bits per heavy atom. The van der Waals surface area contributed by atoms with Gasteiger partial charge in [0.25, 0.3) is 0 Å². The van der Waals surface area contributed by atoms with Gasteiger partial charge >= 0.3 is 0 Å². The summed E-state index contributed by atoms with van der Waals surface area (Å²) >= 11 is 1.90. The van der Waals surface area contributed by atoms with Crippen molar-refractivity contribution in [2.45, 2.75) is 32.9 Å². The van der Waals surface area contributed by atoms with Crippen molar-refractivity contribution in [3.63, 3.8) is 0 Å². The summed E-state index contributed by atoms with van der Waals surface area (Å²) in [5, 5.41) is 3.43. The van der Waals surface area contributed by atoms with E-state index >= 15 is 0 Å². The van der Waals surface area contributed by atoms with E-state index in [1.807, 2.05) is 17.8 Å². The molecule has 116 valence electrons. The van der Waals surface area contributed by atoms with Crippen LogP contribution in [0.3, 0.4) is 0 Å². The maximum Gasteiger partial charge on any atom is 0.152 e. The van der Waals surface area contributed by atoms with Crippen LogP contribution >= 0.6 is 11.8 Å². The Bertz CT molecular complexity index is 566. The highest BCUT2D eigenvalue weighted by Crippen LogP contribution is 2.23. The number of rotatable bonds is 8. The number of anilines is 1. The molecule has 0 aliphatic rings. The number of fused-ring (bicyclic) bond motifs is 1. The maximum absolute atomic E-state index is 4.84. The molecule has 0 bridgehead atoms. The van der Waals surface area contributed by atoms with Crippen LogP contribution in [0.4, 0.5) is 5.82 Å². The summed E-state index contributed by atoms with van der Waals surface area (Å²) in [6.07, 6.45) is 5.43. The summed E-state index contributed by atoms with van der Waals surface area (Å²) < 4.78 is 2.19. The lowest BCUT2D eigenvalue weighted by Crippen LogP contribution is -2.31. The molecule has 1 atom stereocenters. The first-order chi connectivity index (χ1) is 10.2. The lowest BCUT2D eigenvalue weighted by atomic mass is 10.2. The number of hydrogen-bond acceptors (Lipinski definition) is 4. The third kappa shape index (κ3) is 3.71. The van der Waals surface area contributed by atoms with Gasteiger partial charge in [-0.2, -0.15) is 11.8 Å². The normalized spacial score (nSPS) is 12.8. The zero-order valence-electron chi connectivity index (χ0n) is 13.5. The Kier molecular flexibility index (Phi) is 5.94. The van der Waals surface area contributed by atoms with Crippen molar-refractivity contribution < 1.29 is 0 Å². The minimum atomic E-state index is 0.489. The summed E-state index contributed by atoms with van der Waals surface area (Å²) in [4.78, 5) is 7.15. The molecule has 0 saturated carbocycles. The first kappa shape index (κ1) is 16.2. The number of nitrogens with zero attached hydrogens (tertiary/aromatic N) is 3. The molecule has 0 aromatic carbocycles. The van der Waals surface area contributed by atoms with Crippen LogP contribution in [0.1, 0.15) is 26.0 Å². The predicted molar refractivity (Wildman–Crippen MR) is 93.4 cm³/mol. The summed E-state index contributed by atoms with van der Waals surface area (Å²) in [5.41, 5.74) is 2.26. The topological polar surface area (TPSA) is 32.6 Å². The molecule has 4 nitrogen and oxygen atoms in total. The number of pyridine rings is 1. The molecule has 5 heteroatoms. The second-order valence-electron chi connectivity index (χ2n) is 5.33. The average molecular weight is 306 g/mol. The average Bonchev–Trinajstić information content (AvgIpc) is 2.88. The SMILES string of the molecule is CCNCc1c(N(C)C(C)CCSC)nc2ccccn12. The Balaban J connectivity index is 2.32. The number of thioether (sulfide) groups is 1. The van der Waals surface area contributed by atoms with Crippen molar-refractivity contribution in [3.05, 3.63) is 30.1 Å². The molecule has 2 rings (SSSR count). The van der Waals surface area contributed by atoms with Gasteiger partial charge < -0.3 is 14.6 Å². The summed E-state index contributed by atoms with van der Waals surface area (Å²) in [6.45, 7) is 6.22. The van der Waals surface area contributed by atoms with E-state index < -0.39 is 0 Å². The van der Waals surface area contributed by atoms with Gasteiger partial charge in [-0.05, 0) is 44.0 Å². The molecule has 1 unspecified atom stereocenters. The standard InChI is InChI=1S/C16H26N4S/c1-5-17-12-14-16(19(3)13(2)9-11-21-4)18-15-8-6-7-10-20(14)15/h6-8,10,13,17H,5,9,11-12H2,1-4H3. The van der Waals surface area contributed by atoms with Crippen LogP contribution < -0.4 is 10.2 Å². The van der Waals surface area contributed by atoms with Crippen molar-refractivity contribution >= 4 is 23.2 Å². The quantitative estimate of drug-likeness (QED) is 0.812. The first-order valence-corrected chi connectivity index (χ1v) is 8.96. The molecule has 2 aromatic rings. The van der Waals surface area contributed by atoms with Crippen LogP contribution in [0.2, 0.25) is 0 Å². The molecule has 0 spiro atoms. The third-order valence-corrected chi connectivity index (χ3v) is 4.53. The molecular weight excluding hydrogens is 280 g/mol. The van der Waals surface area contributed by atoms with Gasteiger partial charge in [-0.3, -0.25) is 0 Å². The largest absolute Gasteiger partial charge is 0.355 e. The second-order valence-corrected chi connectivity index (χ2v) is 6.32. The van der Waals surface area contributed by atoms with E-state index in [2.05, 4.69) is 60.1 Å². The molecular formula is C16H26N4S. The summed E-state index contributed by atoms with van der Waals surface area (Å²) in [6, 6.07) is 6.66. The fourth-order valence-corrected chi connectivity index (χ4v) is 2.99. The van der Waals surface area contributed by atoms with E-state index in [1.54, 1.807) is 0 Å². The van der Waals surface area contributed by atoms with Gasteiger partial charge in [0, 0.05) is 25.8 Å². The molecule has 0 saturated heterocycles. The minimum absolute atomic E-state index is 0.489. The van der Waals surface area contributed by atoms with Crippen molar-refractivity contribution in [3.8, 4) is 0 Å². The molecule has 21 heavy (non-hydrogen) atoms.